The van der Waals surface area contributed by atoms with Crippen molar-refractivity contribution in [2.45, 2.75) is 26.5 Å². The minimum Gasteiger partial charge on any atom is -0.493 e. The molecule has 10 nitrogen and oxygen atoms in total. The van der Waals surface area contributed by atoms with E-state index >= 15 is 0 Å². The minimum absolute atomic E-state index is 0.225. The molecule has 11 heteroatoms. The van der Waals surface area contributed by atoms with Gasteiger partial charge in [0, 0.05) is 11.3 Å². The van der Waals surface area contributed by atoms with E-state index in [1.807, 2.05) is 30.3 Å². The molecular formula is C35H34N4O6S. The molecule has 1 aliphatic rings. The number of allylic oxidation sites excluding steroid dienone is 1. The van der Waals surface area contributed by atoms with Crippen LogP contribution in [0.15, 0.2) is 101 Å². The van der Waals surface area contributed by atoms with Gasteiger partial charge in [0.25, 0.3) is 5.91 Å². The average Bonchev–Trinajstić information content (AvgIpc) is 3.06. The quantitative estimate of drug-likeness (QED) is 0.0821. The lowest BCUT2D eigenvalue weighted by atomic mass is 9.95. The molecule has 236 valence electrons. The van der Waals surface area contributed by atoms with Crippen molar-refractivity contribution in [1.29, 1.82) is 0 Å². The molecule has 1 amide bonds. The topological polar surface area (TPSA) is 120 Å². The molecular weight excluding hydrogens is 604 g/mol. The predicted octanol–water partition coefficient (Wildman–Crippen LogP) is 5.31. The van der Waals surface area contributed by atoms with E-state index in [0.717, 1.165) is 10.9 Å². The lowest BCUT2D eigenvalue weighted by Crippen LogP contribution is -2.45. The van der Waals surface area contributed by atoms with Crippen LogP contribution >= 0.6 is 12.2 Å². The first-order chi connectivity index (χ1) is 22.4. The van der Waals surface area contributed by atoms with Gasteiger partial charge in [-0.3, -0.25) is 4.79 Å². The normalized spacial score (nSPS) is 14.4. The lowest BCUT2D eigenvalue weighted by Gasteiger charge is -2.30. The molecule has 0 spiro atoms. The molecule has 0 bridgehead atoms. The SMILES string of the molecule is CCOC(=O)C1=C(C)NC(=S)N[C@H]1c1ccccc1OCC(=O)NN=Cc1ccc(OCc2ccc3ccccc3c2)c(OC)c1. The molecule has 0 fully saturated rings. The fourth-order valence-corrected chi connectivity index (χ4v) is 5.26. The van der Waals surface area contributed by atoms with Crippen molar-refractivity contribution in [1.82, 2.24) is 16.1 Å². The van der Waals surface area contributed by atoms with E-state index < -0.39 is 17.9 Å². The third-order valence-corrected chi connectivity index (χ3v) is 7.37. The number of nitrogens with zero attached hydrogens (tertiary/aromatic N) is 1. The Morgan fingerprint density at radius 1 is 0.935 bits per heavy atom. The first-order valence-corrected chi connectivity index (χ1v) is 15.0. The Kier molecular flexibility index (Phi) is 10.5. The van der Waals surface area contributed by atoms with Crippen molar-refractivity contribution in [2.75, 3.05) is 20.3 Å². The van der Waals surface area contributed by atoms with Gasteiger partial charge in [-0.1, -0.05) is 54.6 Å². The summed E-state index contributed by atoms with van der Waals surface area (Å²) in [5, 5.41) is 12.8. The van der Waals surface area contributed by atoms with Crippen LogP contribution in [0.5, 0.6) is 17.2 Å². The van der Waals surface area contributed by atoms with Gasteiger partial charge < -0.3 is 29.6 Å². The van der Waals surface area contributed by atoms with Gasteiger partial charge in [-0.15, -0.1) is 0 Å². The number of carbonyl (C=O) groups is 2. The summed E-state index contributed by atoms with van der Waals surface area (Å²) in [5.74, 6) is 0.579. The first-order valence-electron chi connectivity index (χ1n) is 14.6. The third-order valence-electron chi connectivity index (χ3n) is 7.15. The number of rotatable bonds is 12. The number of benzene rings is 4. The van der Waals surface area contributed by atoms with E-state index in [2.05, 4.69) is 45.4 Å². The predicted molar refractivity (Wildman–Crippen MR) is 180 cm³/mol. The van der Waals surface area contributed by atoms with Gasteiger partial charge in [-0.05, 0) is 78.3 Å². The number of nitrogens with one attached hydrogen (secondary N) is 3. The Hall–Kier alpha value is -5.42. The van der Waals surface area contributed by atoms with Crippen LogP contribution in [0, 0.1) is 0 Å². The molecule has 0 radical (unpaired) electrons. The van der Waals surface area contributed by atoms with E-state index in [9.17, 15) is 9.59 Å². The van der Waals surface area contributed by atoms with Gasteiger partial charge in [-0.25, -0.2) is 10.2 Å². The van der Waals surface area contributed by atoms with Crippen LogP contribution in [-0.2, 0) is 20.9 Å². The number of para-hydroxylation sites is 1. The van der Waals surface area contributed by atoms with Gasteiger partial charge in [0.15, 0.2) is 23.2 Å². The Balaban J connectivity index is 1.18. The average molecular weight is 639 g/mol. The Labute approximate surface area is 272 Å². The zero-order valence-corrected chi connectivity index (χ0v) is 26.5. The van der Waals surface area contributed by atoms with Crippen LogP contribution in [0.25, 0.3) is 10.8 Å². The van der Waals surface area contributed by atoms with E-state index in [4.69, 9.17) is 31.2 Å². The fraction of sp³-hybridized carbons (Fsp3) is 0.200. The summed E-state index contributed by atoms with van der Waals surface area (Å²) in [4.78, 5) is 25.4. The van der Waals surface area contributed by atoms with Crippen LogP contribution in [0.4, 0.5) is 0 Å². The third kappa shape index (κ3) is 7.80. The smallest absolute Gasteiger partial charge is 0.338 e. The standard InChI is InChI=1S/C35H34N4O6S/c1-4-43-34(41)32-22(2)37-35(46)38-33(32)27-11-7-8-12-28(27)45-21-31(40)39-36-19-23-14-16-29(30(18-23)42-3)44-20-24-13-15-25-9-5-6-10-26(25)17-24/h5-19,33H,4,20-21H2,1-3H3,(H,39,40)(H2,37,38,46)/t33-/m0/s1. The van der Waals surface area contributed by atoms with Gasteiger partial charge >= 0.3 is 5.97 Å². The van der Waals surface area contributed by atoms with E-state index in [1.165, 1.54) is 11.6 Å². The maximum atomic E-state index is 12.8. The zero-order valence-electron chi connectivity index (χ0n) is 25.7. The second-order valence-electron chi connectivity index (χ2n) is 10.3. The van der Waals surface area contributed by atoms with Crippen molar-refractivity contribution >= 4 is 46.2 Å². The molecule has 46 heavy (non-hydrogen) atoms. The number of methoxy groups -OCH3 is 1. The van der Waals surface area contributed by atoms with Crippen molar-refractivity contribution < 1.29 is 28.5 Å². The van der Waals surface area contributed by atoms with Crippen LogP contribution < -0.4 is 30.3 Å². The highest BCUT2D eigenvalue weighted by atomic mass is 32.1. The number of esters is 1. The summed E-state index contributed by atoms with van der Waals surface area (Å²) in [7, 11) is 1.57. The van der Waals surface area contributed by atoms with Crippen molar-refractivity contribution in [3.63, 3.8) is 0 Å². The monoisotopic (exact) mass is 638 g/mol. The molecule has 0 unspecified atom stereocenters. The zero-order chi connectivity index (χ0) is 32.5. The molecule has 3 N–H and O–H groups in total. The highest BCUT2D eigenvalue weighted by molar-refractivity contribution is 7.80. The number of hydrazone groups is 1. The number of hydrogen-bond donors (Lipinski definition) is 3. The van der Waals surface area contributed by atoms with Crippen molar-refractivity contribution in [2.24, 2.45) is 5.10 Å². The molecule has 0 saturated heterocycles. The molecule has 1 heterocycles. The highest BCUT2D eigenvalue weighted by Gasteiger charge is 2.32. The number of amides is 1. The highest BCUT2D eigenvalue weighted by Crippen LogP contribution is 2.34. The molecule has 4 aromatic carbocycles. The number of carbonyl (C=O) groups excluding carboxylic acids is 2. The maximum absolute atomic E-state index is 12.8. The maximum Gasteiger partial charge on any atom is 0.338 e. The van der Waals surface area contributed by atoms with Crippen molar-refractivity contribution in [3.8, 4) is 17.2 Å². The fourth-order valence-electron chi connectivity index (χ4n) is 4.98. The van der Waals surface area contributed by atoms with Crippen LogP contribution in [-0.4, -0.2) is 43.5 Å². The minimum atomic E-state index is -0.625. The molecule has 5 rings (SSSR count). The van der Waals surface area contributed by atoms with Gasteiger partial charge in [0.1, 0.15) is 12.4 Å². The van der Waals surface area contributed by atoms with Gasteiger partial charge in [-0.2, -0.15) is 5.10 Å². The summed E-state index contributed by atoms with van der Waals surface area (Å²) in [6, 6.07) is 26.2. The molecule has 4 aromatic rings. The number of thiocarbonyl (C=S) groups is 1. The van der Waals surface area contributed by atoms with Crippen LogP contribution in [0.3, 0.4) is 0 Å². The van der Waals surface area contributed by atoms with Gasteiger partial charge in [0.2, 0.25) is 0 Å². The molecule has 0 aliphatic carbocycles. The summed E-state index contributed by atoms with van der Waals surface area (Å²) in [6.07, 6.45) is 1.50. The largest absolute Gasteiger partial charge is 0.493 e. The van der Waals surface area contributed by atoms with Crippen molar-refractivity contribution in [3.05, 3.63) is 113 Å². The molecule has 0 aromatic heterocycles. The van der Waals surface area contributed by atoms with E-state index in [-0.39, 0.29) is 13.2 Å². The van der Waals surface area contributed by atoms with Gasteiger partial charge in [0.05, 0.1) is 31.5 Å². The lowest BCUT2D eigenvalue weighted by molar-refractivity contribution is -0.139. The number of ether oxygens (including phenoxy) is 4. The summed E-state index contributed by atoms with van der Waals surface area (Å²) >= 11 is 5.33. The second-order valence-corrected chi connectivity index (χ2v) is 10.7. The summed E-state index contributed by atoms with van der Waals surface area (Å²) < 4.78 is 22.7. The van der Waals surface area contributed by atoms with E-state index in [0.29, 0.717) is 51.4 Å². The number of hydrogen-bond acceptors (Lipinski definition) is 8. The number of fused-ring (bicyclic) bond motifs is 1. The summed E-state index contributed by atoms with van der Waals surface area (Å²) in [5.41, 5.74) is 5.79. The second kappa shape index (κ2) is 15.0. The van der Waals surface area contributed by atoms with Crippen LogP contribution in [0.1, 0.15) is 36.6 Å². The first kappa shape index (κ1) is 32.0. The molecule has 1 aliphatic heterocycles. The van der Waals surface area contributed by atoms with Crippen LogP contribution in [0.2, 0.25) is 0 Å². The molecule has 0 saturated carbocycles. The Morgan fingerprint density at radius 2 is 1.72 bits per heavy atom. The summed E-state index contributed by atoms with van der Waals surface area (Å²) in [6.45, 7) is 3.79. The van der Waals surface area contributed by atoms with E-state index in [1.54, 1.807) is 51.3 Å². The Morgan fingerprint density at radius 3 is 2.52 bits per heavy atom. The molecule has 1 atom stereocenters. The Bertz CT molecular complexity index is 1820.